The summed E-state index contributed by atoms with van der Waals surface area (Å²) < 4.78 is 15.5. The van der Waals surface area contributed by atoms with Crippen LogP contribution in [0.15, 0.2) is 48.5 Å². The number of aromatic nitrogens is 1. The average Bonchev–Trinajstić information content (AvgIpc) is 3.31. The molecule has 1 aromatic heterocycles. The van der Waals surface area contributed by atoms with E-state index in [1.165, 1.54) is 17.6 Å². The van der Waals surface area contributed by atoms with E-state index in [0.717, 1.165) is 36.4 Å². The number of rotatable bonds is 7. The lowest BCUT2D eigenvalue weighted by molar-refractivity contribution is -0.114. The molecular weight excluding hydrogens is 324 g/mol. The van der Waals surface area contributed by atoms with E-state index < -0.39 is 0 Å². The predicted octanol–water partition coefficient (Wildman–Crippen LogP) is 3.42. The number of anilines is 1. The fourth-order valence-corrected chi connectivity index (χ4v) is 3.13. The van der Waals surface area contributed by atoms with Gasteiger partial charge in [0.15, 0.2) is 0 Å². The fraction of sp³-hybridized carbons (Fsp3) is 0.333. The van der Waals surface area contributed by atoms with Crippen LogP contribution in [0.1, 0.15) is 18.4 Å². The second-order valence-corrected chi connectivity index (χ2v) is 6.26. The van der Waals surface area contributed by atoms with E-state index in [1.807, 2.05) is 29.6 Å². The molecule has 1 saturated heterocycles. The summed E-state index contributed by atoms with van der Waals surface area (Å²) in [6.45, 7) is 5.40. The molecule has 24 heavy (non-hydrogen) atoms. The highest BCUT2D eigenvalue weighted by atomic mass is 32.1. The lowest BCUT2D eigenvalue weighted by atomic mass is 10.2. The molecule has 1 unspecified atom stereocenters. The Hall–Kier alpha value is -2.18. The topological polar surface area (TPSA) is 51.7 Å². The standard InChI is InChI=1S/C18H20N2O3S/c1-2-18(21)20(11-14-10-19-24-13-14)15-5-3-6-16(9-15)23-12-17-7-4-8-22-17/h2-3,5-6,9-10,13,17H,1,4,7-8,11-12H2. The van der Waals surface area contributed by atoms with Gasteiger partial charge in [0.2, 0.25) is 0 Å². The summed E-state index contributed by atoms with van der Waals surface area (Å²) in [6, 6.07) is 7.53. The third-order valence-electron chi connectivity index (χ3n) is 3.85. The summed E-state index contributed by atoms with van der Waals surface area (Å²) in [5, 5.41) is 1.93. The molecule has 5 nitrogen and oxygen atoms in total. The number of carbonyl (C=O) groups is 1. The lowest BCUT2D eigenvalue weighted by Gasteiger charge is -2.21. The number of carbonyl (C=O) groups excluding carboxylic acids is 1. The number of amides is 1. The minimum atomic E-state index is -0.155. The van der Waals surface area contributed by atoms with Gasteiger partial charge in [0.1, 0.15) is 12.4 Å². The van der Waals surface area contributed by atoms with Crippen molar-refractivity contribution in [2.75, 3.05) is 18.1 Å². The van der Waals surface area contributed by atoms with E-state index in [1.54, 1.807) is 11.1 Å². The van der Waals surface area contributed by atoms with Gasteiger partial charge in [-0.15, -0.1) is 0 Å². The molecule has 0 aliphatic carbocycles. The van der Waals surface area contributed by atoms with Crippen molar-refractivity contribution in [3.8, 4) is 5.75 Å². The normalized spacial score (nSPS) is 16.8. The van der Waals surface area contributed by atoms with Gasteiger partial charge in [-0.3, -0.25) is 4.79 Å². The first-order valence-electron chi connectivity index (χ1n) is 7.93. The zero-order valence-corrected chi connectivity index (χ0v) is 14.2. The van der Waals surface area contributed by atoms with Gasteiger partial charge >= 0.3 is 0 Å². The first-order valence-corrected chi connectivity index (χ1v) is 8.76. The van der Waals surface area contributed by atoms with Gasteiger partial charge < -0.3 is 14.4 Å². The molecular formula is C18H20N2O3S. The fourth-order valence-electron chi connectivity index (χ4n) is 2.60. The molecule has 0 N–H and O–H groups in total. The van der Waals surface area contributed by atoms with Crippen LogP contribution in [-0.4, -0.2) is 29.6 Å². The second-order valence-electron chi connectivity index (χ2n) is 5.60. The predicted molar refractivity (Wildman–Crippen MR) is 94.4 cm³/mol. The Kier molecular flexibility index (Phi) is 5.61. The van der Waals surface area contributed by atoms with Crippen molar-refractivity contribution in [3.63, 3.8) is 0 Å². The Morgan fingerprint density at radius 1 is 1.54 bits per heavy atom. The molecule has 0 spiro atoms. The molecule has 1 aliphatic heterocycles. The number of nitrogens with zero attached hydrogens (tertiary/aromatic N) is 2. The summed E-state index contributed by atoms with van der Waals surface area (Å²) in [6.07, 6.45) is 5.37. The maximum atomic E-state index is 12.2. The molecule has 2 heterocycles. The van der Waals surface area contributed by atoms with Crippen molar-refractivity contribution in [1.29, 1.82) is 0 Å². The largest absolute Gasteiger partial charge is 0.491 e. The van der Waals surface area contributed by atoms with E-state index in [0.29, 0.717) is 13.2 Å². The zero-order chi connectivity index (χ0) is 16.8. The molecule has 1 aromatic carbocycles. The van der Waals surface area contributed by atoms with E-state index >= 15 is 0 Å². The molecule has 0 saturated carbocycles. The number of hydrogen-bond acceptors (Lipinski definition) is 5. The highest BCUT2D eigenvalue weighted by molar-refractivity contribution is 7.03. The lowest BCUT2D eigenvalue weighted by Crippen LogP contribution is -2.28. The molecule has 1 aliphatic rings. The Balaban J connectivity index is 1.72. The number of hydrogen-bond donors (Lipinski definition) is 0. The summed E-state index contributed by atoms with van der Waals surface area (Å²) in [4.78, 5) is 13.9. The molecule has 126 valence electrons. The quantitative estimate of drug-likeness (QED) is 0.722. The van der Waals surface area contributed by atoms with Crippen molar-refractivity contribution >= 4 is 23.1 Å². The van der Waals surface area contributed by atoms with Crippen LogP contribution >= 0.6 is 11.5 Å². The number of ether oxygens (including phenoxy) is 2. The van der Waals surface area contributed by atoms with Crippen LogP contribution < -0.4 is 9.64 Å². The minimum Gasteiger partial charge on any atom is -0.491 e. The van der Waals surface area contributed by atoms with Crippen LogP contribution in [0.5, 0.6) is 5.75 Å². The van der Waals surface area contributed by atoms with Gasteiger partial charge in [0.05, 0.1) is 12.6 Å². The van der Waals surface area contributed by atoms with Crippen molar-refractivity contribution in [3.05, 3.63) is 54.1 Å². The number of benzene rings is 1. The first-order chi connectivity index (χ1) is 11.8. The van der Waals surface area contributed by atoms with Crippen LogP contribution in [0.2, 0.25) is 0 Å². The second kappa shape index (κ2) is 8.08. The van der Waals surface area contributed by atoms with Crippen molar-refractivity contribution in [1.82, 2.24) is 4.37 Å². The van der Waals surface area contributed by atoms with Gasteiger partial charge in [-0.1, -0.05) is 12.6 Å². The highest BCUT2D eigenvalue weighted by Crippen LogP contribution is 2.24. The summed E-state index contributed by atoms with van der Waals surface area (Å²) in [5.41, 5.74) is 1.76. The van der Waals surface area contributed by atoms with E-state index in [-0.39, 0.29) is 12.0 Å². The molecule has 2 aromatic rings. The SMILES string of the molecule is C=CC(=O)N(Cc1cnsc1)c1cccc(OCC2CCCO2)c1. The molecule has 0 bridgehead atoms. The van der Waals surface area contributed by atoms with Crippen molar-refractivity contribution in [2.45, 2.75) is 25.5 Å². The summed E-state index contributed by atoms with van der Waals surface area (Å²) in [5.74, 6) is 0.575. The highest BCUT2D eigenvalue weighted by Gasteiger charge is 2.17. The van der Waals surface area contributed by atoms with Crippen molar-refractivity contribution in [2.24, 2.45) is 0 Å². The molecule has 1 amide bonds. The van der Waals surface area contributed by atoms with Crippen LogP contribution in [0, 0.1) is 0 Å². The van der Waals surface area contributed by atoms with Crippen LogP contribution in [-0.2, 0) is 16.1 Å². The molecule has 6 heteroatoms. The van der Waals surface area contributed by atoms with E-state index in [4.69, 9.17) is 9.47 Å². The minimum absolute atomic E-state index is 0.155. The van der Waals surface area contributed by atoms with Gasteiger partial charge in [0.25, 0.3) is 5.91 Å². The third-order valence-corrected chi connectivity index (χ3v) is 4.49. The smallest absolute Gasteiger partial charge is 0.250 e. The van der Waals surface area contributed by atoms with E-state index in [9.17, 15) is 4.79 Å². The van der Waals surface area contributed by atoms with Crippen molar-refractivity contribution < 1.29 is 14.3 Å². The van der Waals surface area contributed by atoms with Gasteiger partial charge in [-0.05, 0) is 42.6 Å². The Bertz CT molecular complexity index is 681. The summed E-state index contributed by atoms with van der Waals surface area (Å²) in [7, 11) is 0. The summed E-state index contributed by atoms with van der Waals surface area (Å²) >= 11 is 1.37. The molecule has 1 fully saturated rings. The molecule has 0 radical (unpaired) electrons. The van der Waals surface area contributed by atoms with E-state index in [2.05, 4.69) is 11.0 Å². The van der Waals surface area contributed by atoms with Gasteiger partial charge in [-0.25, -0.2) is 4.37 Å². The third kappa shape index (κ3) is 4.21. The van der Waals surface area contributed by atoms with Gasteiger partial charge in [0, 0.05) is 35.5 Å². The Morgan fingerprint density at radius 3 is 3.17 bits per heavy atom. The Labute approximate surface area is 145 Å². The Morgan fingerprint density at radius 2 is 2.46 bits per heavy atom. The monoisotopic (exact) mass is 344 g/mol. The zero-order valence-electron chi connectivity index (χ0n) is 13.4. The maximum absolute atomic E-state index is 12.2. The first kappa shape index (κ1) is 16.7. The average molecular weight is 344 g/mol. The van der Waals surface area contributed by atoms with Crippen LogP contribution in [0.3, 0.4) is 0 Å². The molecule has 1 atom stereocenters. The van der Waals surface area contributed by atoms with Crippen LogP contribution in [0.4, 0.5) is 5.69 Å². The van der Waals surface area contributed by atoms with Crippen LogP contribution in [0.25, 0.3) is 0 Å². The van der Waals surface area contributed by atoms with Gasteiger partial charge in [-0.2, -0.15) is 0 Å². The molecule has 3 rings (SSSR count). The maximum Gasteiger partial charge on any atom is 0.250 e.